The smallest absolute Gasteiger partial charge is 0.344 e. The van der Waals surface area contributed by atoms with Gasteiger partial charge in [-0.3, -0.25) is 10.1 Å². The van der Waals surface area contributed by atoms with E-state index in [1.54, 1.807) is 30.3 Å². The Labute approximate surface area is 193 Å². The Kier molecular flexibility index (Phi) is 6.61. The van der Waals surface area contributed by atoms with Gasteiger partial charge in [-0.25, -0.2) is 9.59 Å². The average molecular weight is 459 g/mol. The van der Waals surface area contributed by atoms with Gasteiger partial charge >= 0.3 is 11.9 Å². The van der Waals surface area contributed by atoms with Crippen LogP contribution in [0.3, 0.4) is 0 Å². The number of methoxy groups -OCH3 is 1. The van der Waals surface area contributed by atoms with E-state index in [2.05, 4.69) is 20.3 Å². The molecule has 164 valence electrons. The minimum absolute atomic E-state index is 0.174. The van der Waals surface area contributed by atoms with Crippen molar-refractivity contribution in [2.24, 2.45) is 10.2 Å². The summed E-state index contributed by atoms with van der Waals surface area (Å²) in [4.78, 5) is 35.9. The fourth-order valence-corrected chi connectivity index (χ4v) is 3.72. The largest absolute Gasteiger partial charge is 0.466 e. The van der Waals surface area contributed by atoms with Crippen LogP contribution in [0.15, 0.2) is 87.9 Å². The van der Waals surface area contributed by atoms with E-state index in [4.69, 9.17) is 4.74 Å². The monoisotopic (exact) mass is 459 g/mol. The van der Waals surface area contributed by atoms with Crippen molar-refractivity contribution in [2.45, 2.75) is 0 Å². The van der Waals surface area contributed by atoms with Gasteiger partial charge in [0.2, 0.25) is 0 Å². The topological polar surface area (TPSA) is 106 Å². The lowest BCUT2D eigenvalue weighted by atomic mass is 10.0. The number of benzene rings is 3. The second kappa shape index (κ2) is 9.92. The Morgan fingerprint density at radius 2 is 1.76 bits per heavy atom. The Hall–Kier alpha value is -4.24. The first-order chi connectivity index (χ1) is 16.0. The predicted molar refractivity (Wildman–Crippen MR) is 126 cm³/mol. The summed E-state index contributed by atoms with van der Waals surface area (Å²) in [5, 5.41) is 12.4. The number of nitrogens with zero attached hydrogens (tertiary/aromatic N) is 2. The van der Waals surface area contributed by atoms with Crippen LogP contribution >= 0.6 is 11.8 Å². The van der Waals surface area contributed by atoms with Crippen LogP contribution in [-0.2, 0) is 14.3 Å². The molecule has 0 aromatic heterocycles. The Bertz CT molecular complexity index is 1320. The molecule has 1 fully saturated rings. The van der Waals surface area contributed by atoms with Gasteiger partial charge in [-0.1, -0.05) is 36.4 Å². The fraction of sp³-hybridized carbons (Fsp3) is 0.0417. The summed E-state index contributed by atoms with van der Waals surface area (Å²) in [6.07, 6.45) is 2.57. The van der Waals surface area contributed by atoms with Crippen molar-refractivity contribution in [1.82, 2.24) is 5.32 Å². The molecule has 1 heterocycles. The van der Waals surface area contributed by atoms with Gasteiger partial charge in [0.25, 0.3) is 5.91 Å². The SMILES string of the molecule is COC(=O)/C=C1/S/C(=N\N=Cc2ccc(OC(=O)c3cccc4ccccc34)cc2)NC1=O. The molecule has 0 unspecified atom stereocenters. The average Bonchev–Trinajstić information content (AvgIpc) is 3.18. The predicted octanol–water partition coefficient (Wildman–Crippen LogP) is 3.67. The number of carbonyl (C=O) groups excluding carboxylic acids is 3. The summed E-state index contributed by atoms with van der Waals surface area (Å²) >= 11 is 0.984. The normalized spacial score (nSPS) is 15.8. The van der Waals surface area contributed by atoms with Crippen molar-refractivity contribution in [3.05, 3.63) is 88.8 Å². The third-order valence-corrected chi connectivity index (χ3v) is 5.46. The fourth-order valence-electron chi connectivity index (χ4n) is 2.98. The van der Waals surface area contributed by atoms with Gasteiger partial charge in [0, 0.05) is 6.08 Å². The van der Waals surface area contributed by atoms with Crippen molar-refractivity contribution in [1.29, 1.82) is 0 Å². The highest BCUT2D eigenvalue weighted by Crippen LogP contribution is 2.24. The number of carbonyl (C=O) groups is 3. The van der Waals surface area contributed by atoms with Crippen LogP contribution in [0, 0.1) is 0 Å². The number of amidine groups is 1. The van der Waals surface area contributed by atoms with Gasteiger partial charge in [-0.15, -0.1) is 5.10 Å². The minimum atomic E-state index is -0.626. The molecule has 0 aliphatic carbocycles. The molecule has 3 aromatic carbocycles. The third kappa shape index (κ3) is 5.34. The number of rotatable bonds is 5. The van der Waals surface area contributed by atoms with E-state index in [9.17, 15) is 14.4 Å². The molecule has 8 nitrogen and oxygen atoms in total. The van der Waals surface area contributed by atoms with Crippen molar-refractivity contribution in [2.75, 3.05) is 7.11 Å². The maximum Gasteiger partial charge on any atom is 0.344 e. The zero-order valence-electron chi connectivity index (χ0n) is 17.3. The van der Waals surface area contributed by atoms with Crippen LogP contribution in [0.2, 0.25) is 0 Å². The summed E-state index contributed by atoms with van der Waals surface area (Å²) in [7, 11) is 1.23. The zero-order valence-corrected chi connectivity index (χ0v) is 18.2. The van der Waals surface area contributed by atoms with E-state index in [1.165, 1.54) is 13.3 Å². The second-order valence-corrected chi connectivity index (χ2v) is 7.75. The summed E-state index contributed by atoms with van der Waals surface area (Å²) in [5.41, 5.74) is 1.20. The molecule has 1 N–H and O–H groups in total. The van der Waals surface area contributed by atoms with E-state index < -0.39 is 17.8 Å². The first-order valence-electron chi connectivity index (χ1n) is 9.73. The molecule has 0 radical (unpaired) electrons. The van der Waals surface area contributed by atoms with E-state index in [1.807, 2.05) is 36.4 Å². The summed E-state index contributed by atoms with van der Waals surface area (Å²) in [6, 6.07) is 19.9. The lowest BCUT2D eigenvalue weighted by Gasteiger charge is -2.07. The number of esters is 2. The number of hydrogen-bond acceptors (Lipinski definition) is 8. The standard InChI is InChI=1S/C24H17N3O5S/c1-31-21(28)13-20-22(29)26-24(33-20)27-25-14-15-9-11-17(12-10-15)32-23(30)19-8-4-6-16-5-2-3-7-18(16)19/h2-14H,1H3,(H,26,27,29)/b20-13+,25-14?. The van der Waals surface area contributed by atoms with Gasteiger partial charge < -0.3 is 9.47 Å². The van der Waals surface area contributed by atoms with Crippen molar-refractivity contribution >= 4 is 51.8 Å². The molecule has 4 rings (SSSR count). The van der Waals surface area contributed by atoms with Gasteiger partial charge in [0.05, 0.1) is 23.8 Å². The molecule has 0 spiro atoms. The molecule has 1 aliphatic rings. The molecule has 1 amide bonds. The molecule has 1 saturated heterocycles. The van der Waals surface area contributed by atoms with Crippen molar-refractivity contribution in [3.8, 4) is 5.75 Å². The Morgan fingerprint density at radius 1 is 1.00 bits per heavy atom. The van der Waals surface area contributed by atoms with E-state index in [0.29, 0.717) is 16.9 Å². The van der Waals surface area contributed by atoms with Crippen LogP contribution in [0.1, 0.15) is 15.9 Å². The molecular formula is C24H17N3O5S. The lowest BCUT2D eigenvalue weighted by molar-refractivity contribution is -0.135. The number of thioether (sulfide) groups is 1. The number of amides is 1. The van der Waals surface area contributed by atoms with Gasteiger partial charge in [0.15, 0.2) is 5.17 Å². The lowest BCUT2D eigenvalue weighted by Crippen LogP contribution is -2.19. The number of ether oxygens (including phenoxy) is 2. The number of fused-ring (bicyclic) bond motifs is 1. The summed E-state index contributed by atoms with van der Waals surface area (Å²) in [5.74, 6) is -1.12. The maximum absolute atomic E-state index is 12.6. The molecule has 0 atom stereocenters. The van der Waals surface area contributed by atoms with Crippen molar-refractivity contribution in [3.63, 3.8) is 0 Å². The maximum atomic E-state index is 12.6. The first kappa shape index (κ1) is 22.0. The van der Waals surface area contributed by atoms with Crippen LogP contribution < -0.4 is 10.1 Å². The minimum Gasteiger partial charge on any atom is -0.466 e. The Balaban J connectivity index is 1.39. The number of nitrogens with one attached hydrogen (secondary N) is 1. The highest BCUT2D eigenvalue weighted by Gasteiger charge is 2.25. The second-order valence-electron chi connectivity index (χ2n) is 6.72. The zero-order chi connectivity index (χ0) is 23.2. The van der Waals surface area contributed by atoms with E-state index in [-0.39, 0.29) is 10.1 Å². The van der Waals surface area contributed by atoms with Crippen LogP contribution in [0.25, 0.3) is 10.8 Å². The molecule has 33 heavy (non-hydrogen) atoms. The molecular weight excluding hydrogens is 442 g/mol. The highest BCUT2D eigenvalue weighted by molar-refractivity contribution is 8.18. The molecule has 9 heteroatoms. The molecule has 0 saturated carbocycles. The summed E-state index contributed by atoms with van der Waals surface area (Å²) in [6.45, 7) is 0. The van der Waals surface area contributed by atoms with Crippen LogP contribution in [0.4, 0.5) is 0 Å². The molecule has 3 aromatic rings. The quantitative estimate of drug-likeness (QED) is 0.205. The van der Waals surface area contributed by atoms with Gasteiger partial charge in [-0.2, -0.15) is 5.10 Å². The summed E-state index contributed by atoms with van der Waals surface area (Å²) < 4.78 is 10.0. The van der Waals surface area contributed by atoms with E-state index in [0.717, 1.165) is 28.6 Å². The first-order valence-corrected chi connectivity index (χ1v) is 10.5. The van der Waals surface area contributed by atoms with Gasteiger partial charge in [0.1, 0.15) is 5.75 Å². The number of hydrogen-bond donors (Lipinski definition) is 1. The van der Waals surface area contributed by atoms with Crippen molar-refractivity contribution < 1.29 is 23.9 Å². The van der Waals surface area contributed by atoms with Crippen LogP contribution in [0.5, 0.6) is 5.75 Å². The van der Waals surface area contributed by atoms with Crippen LogP contribution in [-0.4, -0.2) is 36.3 Å². The van der Waals surface area contributed by atoms with Gasteiger partial charge in [-0.05, 0) is 58.4 Å². The highest BCUT2D eigenvalue weighted by atomic mass is 32.2. The third-order valence-electron chi connectivity index (χ3n) is 4.56. The molecule has 0 bridgehead atoms. The molecule has 1 aliphatic heterocycles. The Morgan fingerprint density at radius 3 is 2.55 bits per heavy atom. The van der Waals surface area contributed by atoms with E-state index >= 15 is 0 Å².